The predicted octanol–water partition coefficient (Wildman–Crippen LogP) is 1.97. The van der Waals surface area contributed by atoms with Crippen LogP contribution in [0.15, 0.2) is 11.6 Å². The van der Waals surface area contributed by atoms with Crippen molar-refractivity contribution in [3.05, 3.63) is 11.6 Å². The van der Waals surface area contributed by atoms with Gasteiger partial charge in [0.15, 0.2) is 0 Å². The van der Waals surface area contributed by atoms with E-state index in [0.717, 1.165) is 18.9 Å². The summed E-state index contributed by atoms with van der Waals surface area (Å²) in [4.78, 5) is 0. The van der Waals surface area contributed by atoms with Gasteiger partial charge in [0.25, 0.3) is 0 Å². The molecular formula is C9H16O. The highest BCUT2D eigenvalue weighted by molar-refractivity contribution is 5.16. The zero-order valence-electron chi connectivity index (χ0n) is 6.80. The Hall–Kier alpha value is -0.300. The standard InChI is InChI=1S/C8H12.CH4O/c1-6-4-7-2-3-8(6)5-7;1-2/h4,7-8H,2-3,5H2,1H3;2H,1H3. The number of rotatable bonds is 0. The highest BCUT2D eigenvalue weighted by Crippen LogP contribution is 2.42. The van der Waals surface area contributed by atoms with Gasteiger partial charge < -0.3 is 5.11 Å². The molecule has 0 saturated heterocycles. The largest absolute Gasteiger partial charge is 0.400 e. The topological polar surface area (TPSA) is 20.2 Å². The van der Waals surface area contributed by atoms with Crippen molar-refractivity contribution in [1.29, 1.82) is 0 Å². The molecule has 0 aromatic heterocycles. The maximum atomic E-state index is 7.00. The second-order valence-corrected chi connectivity index (χ2v) is 3.18. The van der Waals surface area contributed by atoms with Gasteiger partial charge in [-0.3, -0.25) is 0 Å². The molecule has 2 bridgehead atoms. The van der Waals surface area contributed by atoms with Gasteiger partial charge in [0.1, 0.15) is 0 Å². The molecular weight excluding hydrogens is 124 g/mol. The second-order valence-electron chi connectivity index (χ2n) is 3.18. The van der Waals surface area contributed by atoms with Crippen molar-refractivity contribution in [2.24, 2.45) is 11.8 Å². The third kappa shape index (κ3) is 1.24. The Morgan fingerprint density at radius 3 is 2.30 bits per heavy atom. The lowest BCUT2D eigenvalue weighted by Gasteiger charge is -2.05. The van der Waals surface area contributed by atoms with Crippen LogP contribution in [0, 0.1) is 11.8 Å². The van der Waals surface area contributed by atoms with Crippen molar-refractivity contribution in [2.45, 2.75) is 26.2 Å². The molecule has 2 rings (SSSR count). The summed E-state index contributed by atoms with van der Waals surface area (Å²) in [6, 6.07) is 0. The molecule has 0 aromatic rings. The molecule has 1 N–H and O–H groups in total. The first-order valence-corrected chi connectivity index (χ1v) is 3.99. The summed E-state index contributed by atoms with van der Waals surface area (Å²) in [5, 5.41) is 7.00. The molecule has 0 aromatic carbocycles. The average Bonchev–Trinajstić information content (AvgIpc) is 2.52. The zero-order chi connectivity index (χ0) is 7.56. The highest BCUT2D eigenvalue weighted by Gasteiger charge is 2.29. The number of allylic oxidation sites excluding steroid dienone is 2. The zero-order valence-corrected chi connectivity index (χ0v) is 6.80. The lowest BCUT2D eigenvalue weighted by atomic mass is 10.0. The smallest absolute Gasteiger partial charge is 0.0319 e. The van der Waals surface area contributed by atoms with Gasteiger partial charge in [-0.2, -0.15) is 0 Å². The molecule has 1 nitrogen and oxygen atoms in total. The maximum absolute atomic E-state index is 7.00. The lowest BCUT2D eigenvalue weighted by molar-refractivity contribution is 0.399. The van der Waals surface area contributed by atoms with Gasteiger partial charge in [0.05, 0.1) is 0 Å². The number of hydrogen-bond donors (Lipinski definition) is 1. The second kappa shape index (κ2) is 3.20. The molecule has 1 fully saturated rings. The number of aliphatic hydroxyl groups is 1. The molecule has 1 saturated carbocycles. The number of fused-ring (bicyclic) bond motifs is 2. The van der Waals surface area contributed by atoms with Crippen molar-refractivity contribution < 1.29 is 5.11 Å². The van der Waals surface area contributed by atoms with Crippen LogP contribution in [0.3, 0.4) is 0 Å². The van der Waals surface area contributed by atoms with Crippen LogP contribution in [-0.2, 0) is 0 Å². The fraction of sp³-hybridized carbons (Fsp3) is 0.778. The van der Waals surface area contributed by atoms with Crippen LogP contribution in [-0.4, -0.2) is 12.2 Å². The Balaban J connectivity index is 0.000000231. The van der Waals surface area contributed by atoms with Crippen molar-refractivity contribution >= 4 is 0 Å². The van der Waals surface area contributed by atoms with Gasteiger partial charge in [-0.15, -0.1) is 0 Å². The van der Waals surface area contributed by atoms with Crippen LogP contribution in [0.4, 0.5) is 0 Å². The quantitative estimate of drug-likeness (QED) is 0.510. The van der Waals surface area contributed by atoms with Gasteiger partial charge in [-0.1, -0.05) is 11.6 Å². The minimum Gasteiger partial charge on any atom is -0.400 e. The van der Waals surface area contributed by atoms with Gasteiger partial charge >= 0.3 is 0 Å². The normalized spacial score (nSPS) is 34.9. The first-order valence-electron chi connectivity index (χ1n) is 3.99. The van der Waals surface area contributed by atoms with E-state index in [1.807, 2.05) is 0 Å². The van der Waals surface area contributed by atoms with Crippen molar-refractivity contribution in [2.75, 3.05) is 7.11 Å². The average molecular weight is 140 g/mol. The van der Waals surface area contributed by atoms with Gasteiger partial charge in [-0.25, -0.2) is 0 Å². The molecule has 0 heterocycles. The third-order valence-corrected chi connectivity index (χ3v) is 2.62. The molecule has 0 spiro atoms. The first kappa shape index (κ1) is 7.80. The van der Waals surface area contributed by atoms with E-state index >= 15 is 0 Å². The van der Waals surface area contributed by atoms with Crippen LogP contribution in [0.25, 0.3) is 0 Å². The van der Waals surface area contributed by atoms with E-state index in [1.165, 1.54) is 19.3 Å². The Bertz CT molecular complexity index is 138. The maximum Gasteiger partial charge on any atom is 0.0319 e. The number of aliphatic hydroxyl groups excluding tert-OH is 1. The Morgan fingerprint density at radius 1 is 1.40 bits per heavy atom. The van der Waals surface area contributed by atoms with Crippen molar-refractivity contribution in [1.82, 2.24) is 0 Å². The van der Waals surface area contributed by atoms with E-state index in [4.69, 9.17) is 5.11 Å². The Labute approximate surface area is 62.8 Å². The highest BCUT2D eigenvalue weighted by atomic mass is 16.2. The predicted molar refractivity (Wildman–Crippen MR) is 42.7 cm³/mol. The fourth-order valence-electron chi connectivity index (χ4n) is 2.09. The summed E-state index contributed by atoms with van der Waals surface area (Å²) < 4.78 is 0. The summed E-state index contributed by atoms with van der Waals surface area (Å²) >= 11 is 0. The summed E-state index contributed by atoms with van der Waals surface area (Å²) in [5.74, 6) is 1.99. The molecule has 1 heteroatoms. The van der Waals surface area contributed by atoms with E-state index in [2.05, 4.69) is 13.0 Å². The van der Waals surface area contributed by atoms with Gasteiger partial charge in [0, 0.05) is 7.11 Å². The SMILES string of the molecule is CC1=CC2CCC1C2.CO. The van der Waals surface area contributed by atoms with E-state index in [0.29, 0.717) is 0 Å². The van der Waals surface area contributed by atoms with Gasteiger partial charge in [-0.05, 0) is 38.0 Å². The molecule has 10 heavy (non-hydrogen) atoms. The minimum atomic E-state index is 0.986. The fourth-order valence-corrected chi connectivity index (χ4v) is 2.09. The van der Waals surface area contributed by atoms with Crippen LogP contribution in [0.5, 0.6) is 0 Å². The van der Waals surface area contributed by atoms with Crippen LogP contribution >= 0.6 is 0 Å². The molecule has 58 valence electrons. The van der Waals surface area contributed by atoms with Crippen LogP contribution in [0.1, 0.15) is 26.2 Å². The minimum absolute atomic E-state index is 0.986. The molecule has 2 unspecified atom stereocenters. The molecule has 0 amide bonds. The molecule has 0 aliphatic heterocycles. The van der Waals surface area contributed by atoms with E-state index in [1.54, 1.807) is 5.57 Å². The van der Waals surface area contributed by atoms with Crippen molar-refractivity contribution in [3.8, 4) is 0 Å². The first-order chi connectivity index (χ1) is 4.86. The number of hydrogen-bond acceptors (Lipinski definition) is 1. The molecule has 2 atom stereocenters. The van der Waals surface area contributed by atoms with E-state index in [9.17, 15) is 0 Å². The van der Waals surface area contributed by atoms with Crippen LogP contribution in [0.2, 0.25) is 0 Å². The molecule has 2 aliphatic carbocycles. The molecule has 2 aliphatic rings. The Kier molecular flexibility index (Phi) is 2.50. The third-order valence-electron chi connectivity index (χ3n) is 2.62. The summed E-state index contributed by atoms with van der Waals surface area (Å²) in [6.45, 7) is 2.28. The molecule has 0 radical (unpaired) electrons. The van der Waals surface area contributed by atoms with Crippen LogP contribution < -0.4 is 0 Å². The van der Waals surface area contributed by atoms with Gasteiger partial charge in [0.2, 0.25) is 0 Å². The monoisotopic (exact) mass is 140 g/mol. The summed E-state index contributed by atoms with van der Waals surface area (Å²) in [6.07, 6.45) is 6.90. The lowest BCUT2D eigenvalue weighted by Crippen LogP contribution is -1.91. The Morgan fingerprint density at radius 2 is 2.10 bits per heavy atom. The van der Waals surface area contributed by atoms with Crippen molar-refractivity contribution in [3.63, 3.8) is 0 Å². The summed E-state index contributed by atoms with van der Waals surface area (Å²) in [5.41, 5.74) is 1.67. The summed E-state index contributed by atoms with van der Waals surface area (Å²) in [7, 11) is 1.00. The van der Waals surface area contributed by atoms with E-state index < -0.39 is 0 Å². The van der Waals surface area contributed by atoms with E-state index in [-0.39, 0.29) is 0 Å².